The molecule has 21 heavy (non-hydrogen) atoms. The third-order valence-corrected chi connectivity index (χ3v) is 3.55. The summed E-state index contributed by atoms with van der Waals surface area (Å²) in [6, 6.07) is 2.26. The van der Waals surface area contributed by atoms with Gasteiger partial charge >= 0.3 is 0 Å². The van der Waals surface area contributed by atoms with Gasteiger partial charge in [-0.2, -0.15) is 4.39 Å². The molecule has 7 heteroatoms. The maximum Gasteiger partial charge on any atom is 0.218 e. The minimum absolute atomic E-state index is 0.0163. The molecule has 0 bridgehead atoms. The Morgan fingerprint density at radius 2 is 1.95 bits per heavy atom. The number of aromatic nitrogens is 3. The Labute approximate surface area is 126 Å². The number of rotatable bonds is 2. The molecule has 3 rings (SSSR count). The largest absolute Gasteiger partial charge is 0.272 e. The van der Waals surface area contributed by atoms with Gasteiger partial charge in [-0.25, -0.2) is 18.7 Å². The van der Waals surface area contributed by atoms with Gasteiger partial charge in [0, 0.05) is 12.6 Å². The Morgan fingerprint density at radius 3 is 2.71 bits per heavy atom. The number of hydrogen-bond donors (Lipinski definition) is 0. The second-order valence-corrected chi connectivity index (χ2v) is 5.47. The van der Waals surface area contributed by atoms with Crippen molar-refractivity contribution in [2.24, 2.45) is 0 Å². The normalized spacial score (nSPS) is 11.3. The number of imidazole rings is 1. The average Bonchev–Trinajstić information content (AvgIpc) is 2.78. The zero-order valence-electron chi connectivity index (χ0n) is 10.9. The lowest BCUT2D eigenvalue weighted by Gasteiger charge is -2.07. The van der Waals surface area contributed by atoms with Gasteiger partial charge in [0.25, 0.3) is 0 Å². The van der Waals surface area contributed by atoms with Gasteiger partial charge < -0.3 is 0 Å². The molecule has 0 aliphatic carbocycles. The number of benzene rings is 1. The molecule has 3 aromatic rings. The second kappa shape index (κ2) is 5.14. The van der Waals surface area contributed by atoms with Gasteiger partial charge in [0.05, 0.1) is 11.9 Å². The van der Waals surface area contributed by atoms with Gasteiger partial charge in [-0.15, -0.1) is 0 Å². The van der Waals surface area contributed by atoms with E-state index in [-0.39, 0.29) is 23.2 Å². The van der Waals surface area contributed by atoms with Crippen LogP contribution in [0.3, 0.4) is 0 Å². The Morgan fingerprint density at radius 1 is 1.19 bits per heavy atom. The fourth-order valence-corrected chi connectivity index (χ4v) is 2.53. The Hall–Kier alpha value is -1.89. The van der Waals surface area contributed by atoms with Gasteiger partial charge in [-0.05, 0) is 46.1 Å². The van der Waals surface area contributed by atoms with Crippen LogP contribution in [0.15, 0.2) is 29.1 Å². The molecule has 0 fully saturated rings. The van der Waals surface area contributed by atoms with Crippen LogP contribution < -0.4 is 0 Å². The summed E-state index contributed by atoms with van der Waals surface area (Å²) in [4.78, 5) is 8.09. The van der Waals surface area contributed by atoms with Crippen molar-refractivity contribution in [1.29, 1.82) is 0 Å². The predicted molar refractivity (Wildman–Crippen MR) is 74.5 cm³/mol. The second-order valence-electron chi connectivity index (χ2n) is 4.65. The molecule has 0 amide bonds. The molecule has 0 spiro atoms. The number of halogens is 4. The van der Waals surface area contributed by atoms with E-state index < -0.39 is 17.6 Å². The van der Waals surface area contributed by atoms with Crippen molar-refractivity contribution in [1.82, 2.24) is 14.4 Å². The highest BCUT2D eigenvalue weighted by Crippen LogP contribution is 2.21. The molecule has 2 heterocycles. The third kappa shape index (κ3) is 2.53. The molecular weight excluding hydrogens is 347 g/mol. The molecule has 0 saturated heterocycles. The first-order valence-electron chi connectivity index (χ1n) is 6.08. The first kappa shape index (κ1) is 14.1. The SMILES string of the molecule is Cc1cc(F)c(Cc2nc(Br)cn3c(F)cnc23)cc1F. The third-order valence-electron chi connectivity index (χ3n) is 3.17. The quantitative estimate of drug-likeness (QED) is 0.699. The van der Waals surface area contributed by atoms with E-state index in [1.807, 2.05) is 0 Å². The first-order valence-corrected chi connectivity index (χ1v) is 6.87. The molecule has 0 saturated carbocycles. The lowest BCUT2D eigenvalue weighted by atomic mass is 10.1. The van der Waals surface area contributed by atoms with Gasteiger partial charge in [0.15, 0.2) is 5.65 Å². The summed E-state index contributed by atoms with van der Waals surface area (Å²) in [5.74, 6) is -1.57. The lowest BCUT2D eigenvalue weighted by molar-refractivity contribution is 0.570. The van der Waals surface area contributed by atoms with Gasteiger partial charge in [0.1, 0.15) is 16.2 Å². The van der Waals surface area contributed by atoms with Crippen LogP contribution in [0.2, 0.25) is 0 Å². The summed E-state index contributed by atoms with van der Waals surface area (Å²) in [5, 5.41) is 0. The molecule has 0 aliphatic heterocycles. The Balaban J connectivity index is 2.12. The van der Waals surface area contributed by atoms with Crippen LogP contribution in [0, 0.1) is 24.5 Å². The van der Waals surface area contributed by atoms with Crippen LogP contribution in [0.5, 0.6) is 0 Å². The van der Waals surface area contributed by atoms with E-state index in [2.05, 4.69) is 25.9 Å². The van der Waals surface area contributed by atoms with Crippen LogP contribution in [0.1, 0.15) is 16.8 Å². The highest BCUT2D eigenvalue weighted by atomic mass is 79.9. The highest BCUT2D eigenvalue weighted by Gasteiger charge is 2.14. The number of aryl methyl sites for hydroxylation is 1. The van der Waals surface area contributed by atoms with E-state index in [1.165, 1.54) is 17.5 Å². The molecule has 2 aromatic heterocycles. The molecule has 0 atom stereocenters. The number of fused-ring (bicyclic) bond motifs is 1. The monoisotopic (exact) mass is 355 g/mol. The Bertz CT molecular complexity index is 845. The molecule has 3 nitrogen and oxygen atoms in total. The molecule has 0 radical (unpaired) electrons. The molecule has 0 unspecified atom stereocenters. The van der Waals surface area contributed by atoms with Gasteiger partial charge in [0.2, 0.25) is 5.95 Å². The molecule has 0 aliphatic rings. The van der Waals surface area contributed by atoms with Crippen LogP contribution in [-0.2, 0) is 6.42 Å². The minimum Gasteiger partial charge on any atom is -0.272 e. The van der Waals surface area contributed by atoms with E-state index >= 15 is 0 Å². The van der Waals surface area contributed by atoms with Gasteiger partial charge in [-0.1, -0.05) is 0 Å². The molecule has 0 N–H and O–H groups in total. The number of nitrogens with zero attached hydrogens (tertiary/aromatic N) is 3. The summed E-state index contributed by atoms with van der Waals surface area (Å²) in [5.41, 5.74) is 1.01. The topological polar surface area (TPSA) is 30.2 Å². The summed E-state index contributed by atoms with van der Waals surface area (Å²) in [7, 11) is 0. The molecular formula is C14H9BrF3N3. The molecule has 1 aromatic carbocycles. The van der Waals surface area contributed by atoms with Crippen LogP contribution in [0.25, 0.3) is 5.65 Å². The smallest absolute Gasteiger partial charge is 0.218 e. The Kier molecular flexibility index (Phi) is 3.44. The minimum atomic E-state index is -0.551. The lowest BCUT2D eigenvalue weighted by Crippen LogP contribution is -2.03. The molecule has 108 valence electrons. The summed E-state index contributed by atoms with van der Waals surface area (Å²) >= 11 is 3.17. The number of hydrogen-bond acceptors (Lipinski definition) is 2. The van der Waals surface area contributed by atoms with Crippen molar-refractivity contribution in [3.63, 3.8) is 0 Å². The van der Waals surface area contributed by atoms with E-state index in [0.29, 0.717) is 10.3 Å². The van der Waals surface area contributed by atoms with Crippen molar-refractivity contribution in [3.05, 3.63) is 63.5 Å². The fourth-order valence-electron chi connectivity index (χ4n) is 2.11. The van der Waals surface area contributed by atoms with Crippen molar-refractivity contribution in [3.8, 4) is 0 Å². The van der Waals surface area contributed by atoms with Crippen LogP contribution in [-0.4, -0.2) is 14.4 Å². The fraction of sp³-hybridized carbons (Fsp3) is 0.143. The average molecular weight is 356 g/mol. The van der Waals surface area contributed by atoms with E-state index in [4.69, 9.17) is 0 Å². The van der Waals surface area contributed by atoms with Gasteiger partial charge in [-0.3, -0.25) is 4.40 Å². The van der Waals surface area contributed by atoms with E-state index in [9.17, 15) is 13.2 Å². The van der Waals surface area contributed by atoms with Crippen molar-refractivity contribution in [2.45, 2.75) is 13.3 Å². The zero-order chi connectivity index (χ0) is 15.1. The van der Waals surface area contributed by atoms with Crippen LogP contribution >= 0.6 is 15.9 Å². The summed E-state index contributed by atoms with van der Waals surface area (Å²) in [6.45, 7) is 1.49. The zero-order valence-corrected chi connectivity index (χ0v) is 12.5. The van der Waals surface area contributed by atoms with Crippen molar-refractivity contribution in [2.75, 3.05) is 0 Å². The van der Waals surface area contributed by atoms with Crippen LogP contribution in [0.4, 0.5) is 13.2 Å². The predicted octanol–water partition coefficient (Wildman–Crippen LogP) is 3.81. The first-order chi connectivity index (χ1) is 9.95. The van der Waals surface area contributed by atoms with Crippen molar-refractivity contribution < 1.29 is 13.2 Å². The summed E-state index contributed by atoms with van der Waals surface area (Å²) in [6.07, 6.45) is 2.49. The van der Waals surface area contributed by atoms with Crippen molar-refractivity contribution >= 4 is 21.6 Å². The van der Waals surface area contributed by atoms with E-state index in [0.717, 1.165) is 18.3 Å². The standard InChI is InChI=1S/C14H9BrF3N3/c1-7-2-10(17)8(3-9(7)16)4-11-14-19-5-13(18)21(14)6-12(15)20-11/h2-3,5-6H,4H2,1H3. The maximum atomic E-state index is 13.9. The maximum absolute atomic E-state index is 13.9. The van der Waals surface area contributed by atoms with E-state index in [1.54, 1.807) is 0 Å². The highest BCUT2D eigenvalue weighted by molar-refractivity contribution is 9.10. The summed E-state index contributed by atoms with van der Waals surface area (Å²) < 4.78 is 42.6.